The first-order chi connectivity index (χ1) is 8.65. The van der Waals surface area contributed by atoms with E-state index in [1.165, 1.54) is 0 Å². The molecule has 0 spiro atoms. The van der Waals surface area contributed by atoms with Crippen molar-refractivity contribution in [3.63, 3.8) is 0 Å². The topological polar surface area (TPSA) is 69.9 Å². The molecule has 0 aliphatic rings. The molecular formula is C13H14N4O. The highest BCUT2D eigenvalue weighted by Gasteiger charge is 2.15. The minimum absolute atomic E-state index is 0.00678. The second-order valence-corrected chi connectivity index (χ2v) is 4.39. The Morgan fingerprint density at radius 1 is 1.33 bits per heavy atom. The summed E-state index contributed by atoms with van der Waals surface area (Å²) in [4.78, 5) is 8.60. The van der Waals surface area contributed by atoms with Crippen LogP contribution in [-0.4, -0.2) is 14.5 Å². The third kappa shape index (κ3) is 1.64. The lowest BCUT2D eigenvalue weighted by Crippen LogP contribution is -2.05. The van der Waals surface area contributed by atoms with Crippen LogP contribution in [-0.2, 0) is 0 Å². The Balaban J connectivity index is 2.09. The zero-order valence-corrected chi connectivity index (χ0v) is 10.3. The first-order valence-electron chi connectivity index (χ1n) is 5.79. The number of aryl methyl sites for hydroxylation is 1. The fraction of sp³-hybridized carbons (Fsp3) is 0.231. The standard InChI is InChI=1S/C13H14N4O/c1-8-6-15-13(18-8)9(2)17-7-16-11-5-10(14)3-4-12(11)17/h3-7,9H,14H2,1-2H3. The average Bonchev–Trinajstić information content (AvgIpc) is 2.94. The number of nitrogen functional groups attached to an aromatic ring is 1. The maximum Gasteiger partial charge on any atom is 0.217 e. The molecule has 0 saturated carbocycles. The summed E-state index contributed by atoms with van der Waals surface area (Å²) in [6.45, 7) is 3.92. The van der Waals surface area contributed by atoms with Gasteiger partial charge in [-0.1, -0.05) is 0 Å². The fourth-order valence-electron chi connectivity index (χ4n) is 2.04. The summed E-state index contributed by atoms with van der Waals surface area (Å²) in [6, 6.07) is 5.70. The number of nitrogens with zero attached hydrogens (tertiary/aromatic N) is 3. The Morgan fingerprint density at radius 3 is 2.89 bits per heavy atom. The Labute approximate surface area is 104 Å². The molecule has 0 amide bonds. The predicted octanol–water partition coefficient (Wildman–Crippen LogP) is 2.52. The van der Waals surface area contributed by atoms with E-state index in [4.69, 9.17) is 10.2 Å². The number of nitrogens with two attached hydrogens (primary N) is 1. The molecule has 0 aliphatic carbocycles. The van der Waals surface area contributed by atoms with E-state index in [1.807, 2.05) is 36.6 Å². The van der Waals surface area contributed by atoms with Gasteiger partial charge in [-0.25, -0.2) is 9.97 Å². The molecule has 0 saturated heterocycles. The molecule has 0 bridgehead atoms. The highest BCUT2D eigenvalue weighted by atomic mass is 16.4. The minimum atomic E-state index is 0.00678. The molecule has 1 aromatic carbocycles. The van der Waals surface area contributed by atoms with E-state index in [-0.39, 0.29) is 6.04 Å². The molecule has 0 aliphatic heterocycles. The van der Waals surface area contributed by atoms with Crippen LogP contribution < -0.4 is 5.73 Å². The van der Waals surface area contributed by atoms with E-state index in [1.54, 1.807) is 12.5 Å². The monoisotopic (exact) mass is 242 g/mol. The van der Waals surface area contributed by atoms with E-state index in [9.17, 15) is 0 Å². The van der Waals surface area contributed by atoms with Gasteiger partial charge in [0.25, 0.3) is 0 Å². The van der Waals surface area contributed by atoms with Crippen LogP contribution in [0, 0.1) is 6.92 Å². The zero-order chi connectivity index (χ0) is 12.7. The van der Waals surface area contributed by atoms with Gasteiger partial charge in [-0.15, -0.1) is 0 Å². The molecule has 0 radical (unpaired) electrons. The largest absolute Gasteiger partial charge is 0.444 e. The van der Waals surface area contributed by atoms with Crippen LogP contribution in [0.5, 0.6) is 0 Å². The van der Waals surface area contributed by atoms with Gasteiger partial charge in [-0.05, 0) is 32.0 Å². The predicted molar refractivity (Wildman–Crippen MR) is 69.2 cm³/mol. The number of imidazole rings is 1. The van der Waals surface area contributed by atoms with Crippen molar-refractivity contribution in [2.24, 2.45) is 0 Å². The lowest BCUT2D eigenvalue weighted by Gasteiger charge is -2.10. The quantitative estimate of drug-likeness (QED) is 0.701. The smallest absolute Gasteiger partial charge is 0.217 e. The Bertz CT molecular complexity index is 698. The van der Waals surface area contributed by atoms with Crippen molar-refractivity contribution in [1.29, 1.82) is 0 Å². The molecule has 92 valence electrons. The minimum Gasteiger partial charge on any atom is -0.444 e. The Hall–Kier alpha value is -2.30. The van der Waals surface area contributed by atoms with E-state index in [0.29, 0.717) is 11.6 Å². The summed E-state index contributed by atoms with van der Waals surface area (Å²) in [6.07, 6.45) is 3.51. The molecule has 5 heteroatoms. The van der Waals surface area contributed by atoms with Crippen LogP contribution in [0.3, 0.4) is 0 Å². The summed E-state index contributed by atoms with van der Waals surface area (Å²) in [7, 11) is 0. The number of aromatic nitrogens is 3. The van der Waals surface area contributed by atoms with Gasteiger partial charge in [0.15, 0.2) is 0 Å². The van der Waals surface area contributed by atoms with Crippen molar-refractivity contribution in [1.82, 2.24) is 14.5 Å². The molecule has 18 heavy (non-hydrogen) atoms. The number of rotatable bonds is 2. The maximum absolute atomic E-state index is 5.74. The number of oxazole rings is 1. The van der Waals surface area contributed by atoms with Crippen molar-refractivity contribution in [2.75, 3.05) is 5.73 Å². The van der Waals surface area contributed by atoms with Crippen LogP contribution in [0.25, 0.3) is 11.0 Å². The van der Waals surface area contributed by atoms with Crippen molar-refractivity contribution in [3.05, 3.63) is 42.4 Å². The van der Waals surface area contributed by atoms with Gasteiger partial charge in [0.05, 0.1) is 23.6 Å². The van der Waals surface area contributed by atoms with Crippen LogP contribution in [0.2, 0.25) is 0 Å². The molecule has 2 heterocycles. The molecule has 0 fully saturated rings. The van der Waals surface area contributed by atoms with Crippen LogP contribution in [0.15, 0.2) is 35.1 Å². The lowest BCUT2D eigenvalue weighted by molar-refractivity contribution is 0.419. The van der Waals surface area contributed by atoms with Gasteiger partial charge in [-0.2, -0.15) is 0 Å². The summed E-state index contributed by atoms with van der Waals surface area (Å²) < 4.78 is 7.59. The van der Waals surface area contributed by atoms with Gasteiger partial charge in [0.2, 0.25) is 5.89 Å². The number of hydrogen-bond donors (Lipinski definition) is 1. The first kappa shape index (κ1) is 10.8. The van der Waals surface area contributed by atoms with Crippen LogP contribution in [0.4, 0.5) is 5.69 Å². The summed E-state index contributed by atoms with van der Waals surface area (Å²) in [5.41, 5.74) is 8.36. The summed E-state index contributed by atoms with van der Waals surface area (Å²) in [5, 5.41) is 0. The zero-order valence-electron chi connectivity index (χ0n) is 10.3. The third-order valence-electron chi connectivity index (χ3n) is 3.01. The number of hydrogen-bond acceptors (Lipinski definition) is 4. The van der Waals surface area contributed by atoms with Crippen molar-refractivity contribution < 1.29 is 4.42 Å². The van der Waals surface area contributed by atoms with E-state index in [2.05, 4.69) is 9.97 Å². The maximum atomic E-state index is 5.74. The highest BCUT2D eigenvalue weighted by molar-refractivity contribution is 5.79. The first-order valence-corrected chi connectivity index (χ1v) is 5.79. The second-order valence-electron chi connectivity index (χ2n) is 4.39. The SMILES string of the molecule is Cc1cnc(C(C)n2cnc3cc(N)ccc32)o1. The second kappa shape index (κ2) is 3.87. The number of anilines is 1. The number of benzene rings is 1. The third-order valence-corrected chi connectivity index (χ3v) is 3.01. The van der Waals surface area contributed by atoms with Gasteiger partial charge in [-0.3, -0.25) is 0 Å². The summed E-state index contributed by atoms with van der Waals surface area (Å²) >= 11 is 0. The van der Waals surface area contributed by atoms with Crippen molar-refractivity contribution in [3.8, 4) is 0 Å². The van der Waals surface area contributed by atoms with E-state index < -0.39 is 0 Å². The van der Waals surface area contributed by atoms with E-state index >= 15 is 0 Å². The molecule has 3 rings (SSSR count). The molecule has 1 unspecified atom stereocenters. The molecule has 1 atom stereocenters. The molecular weight excluding hydrogens is 228 g/mol. The molecule has 5 nitrogen and oxygen atoms in total. The van der Waals surface area contributed by atoms with E-state index in [0.717, 1.165) is 16.8 Å². The Morgan fingerprint density at radius 2 is 2.17 bits per heavy atom. The Kier molecular flexibility index (Phi) is 2.33. The van der Waals surface area contributed by atoms with Crippen LogP contribution in [0.1, 0.15) is 24.6 Å². The van der Waals surface area contributed by atoms with Crippen molar-refractivity contribution >= 4 is 16.7 Å². The van der Waals surface area contributed by atoms with Crippen molar-refractivity contribution in [2.45, 2.75) is 19.9 Å². The molecule has 2 N–H and O–H groups in total. The van der Waals surface area contributed by atoms with Crippen LogP contribution >= 0.6 is 0 Å². The fourth-order valence-corrected chi connectivity index (χ4v) is 2.04. The normalized spacial score (nSPS) is 13.0. The average molecular weight is 242 g/mol. The number of fused-ring (bicyclic) bond motifs is 1. The molecule has 2 aromatic heterocycles. The highest BCUT2D eigenvalue weighted by Crippen LogP contribution is 2.24. The van der Waals surface area contributed by atoms with Gasteiger partial charge in [0, 0.05) is 5.69 Å². The lowest BCUT2D eigenvalue weighted by atomic mass is 10.2. The van der Waals surface area contributed by atoms with Gasteiger partial charge >= 0.3 is 0 Å². The summed E-state index contributed by atoms with van der Waals surface area (Å²) in [5.74, 6) is 1.49. The molecule has 3 aromatic rings. The van der Waals surface area contributed by atoms with Gasteiger partial charge < -0.3 is 14.7 Å². The van der Waals surface area contributed by atoms with Gasteiger partial charge in [0.1, 0.15) is 11.8 Å².